The molecule has 4 heteroatoms. The molecule has 1 aromatic carbocycles. The second-order valence-electron chi connectivity index (χ2n) is 5.12. The van der Waals surface area contributed by atoms with Gasteiger partial charge in [0.05, 0.1) is 0 Å². The van der Waals surface area contributed by atoms with Gasteiger partial charge >= 0.3 is 0 Å². The van der Waals surface area contributed by atoms with Gasteiger partial charge in [-0.3, -0.25) is 4.79 Å². The summed E-state index contributed by atoms with van der Waals surface area (Å²) in [5.74, 6) is 1.53. The van der Waals surface area contributed by atoms with Crippen LogP contribution < -0.4 is 4.74 Å². The highest BCUT2D eigenvalue weighted by atomic mass is 35.5. The number of nitrogens with zero attached hydrogens (tertiary/aromatic N) is 1. The molecule has 1 saturated carbocycles. The molecule has 0 radical (unpaired) electrons. The van der Waals surface area contributed by atoms with Gasteiger partial charge < -0.3 is 9.64 Å². The summed E-state index contributed by atoms with van der Waals surface area (Å²) >= 11 is 5.79. The minimum Gasteiger partial charge on any atom is -0.484 e. The van der Waals surface area contributed by atoms with Crippen molar-refractivity contribution < 1.29 is 9.53 Å². The largest absolute Gasteiger partial charge is 0.484 e. The zero-order valence-corrected chi connectivity index (χ0v) is 10.9. The highest BCUT2D eigenvalue weighted by Gasteiger charge is 2.40. The number of amides is 1. The van der Waals surface area contributed by atoms with Gasteiger partial charge in [0.1, 0.15) is 5.75 Å². The summed E-state index contributed by atoms with van der Waals surface area (Å²) < 4.78 is 5.49. The summed E-state index contributed by atoms with van der Waals surface area (Å²) in [5, 5.41) is 0.672. The first kappa shape index (κ1) is 11.8. The number of carbonyl (C=O) groups excluding carboxylic acids is 1. The van der Waals surface area contributed by atoms with E-state index in [1.165, 1.54) is 12.8 Å². The van der Waals surface area contributed by atoms with E-state index in [0.717, 1.165) is 18.9 Å². The van der Waals surface area contributed by atoms with Gasteiger partial charge in [-0.05, 0) is 49.4 Å². The molecule has 0 spiro atoms. The fourth-order valence-electron chi connectivity index (χ4n) is 2.99. The Labute approximate surface area is 112 Å². The van der Waals surface area contributed by atoms with Gasteiger partial charge in [0.2, 0.25) is 0 Å². The molecule has 18 heavy (non-hydrogen) atoms. The van der Waals surface area contributed by atoms with Gasteiger partial charge in [-0.1, -0.05) is 11.6 Å². The highest BCUT2D eigenvalue weighted by molar-refractivity contribution is 6.30. The summed E-state index contributed by atoms with van der Waals surface area (Å²) in [7, 11) is 0. The van der Waals surface area contributed by atoms with Crippen LogP contribution in [0.5, 0.6) is 5.75 Å². The predicted octanol–water partition coefficient (Wildman–Crippen LogP) is 2.73. The molecule has 1 aliphatic heterocycles. The van der Waals surface area contributed by atoms with E-state index in [1.54, 1.807) is 24.3 Å². The molecule has 1 aliphatic carbocycles. The lowest BCUT2D eigenvalue weighted by molar-refractivity contribution is -0.135. The van der Waals surface area contributed by atoms with E-state index in [2.05, 4.69) is 0 Å². The van der Waals surface area contributed by atoms with Crippen LogP contribution in [0.2, 0.25) is 5.02 Å². The SMILES string of the molecule is O=C(COc1ccc(Cl)cc1)N1CC2CCC1C2. The van der Waals surface area contributed by atoms with Crippen molar-refractivity contribution in [1.29, 1.82) is 0 Å². The third kappa shape index (κ3) is 2.32. The maximum Gasteiger partial charge on any atom is 0.260 e. The molecule has 2 fully saturated rings. The number of halogens is 1. The van der Waals surface area contributed by atoms with Crippen LogP contribution in [0.1, 0.15) is 19.3 Å². The van der Waals surface area contributed by atoms with E-state index in [1.807, 2.05) is 4.90 Å². The molecule has 0 aromatic heterocycles. The van der Waals surface area contributed by atoms with Crippen LogP contribution in [0.3, 0.4) is 0 Å². The standard InChI is InChI=1S/C14H16ClNO2/c15-11-2-5-13(6-3-11)18-9-14(17)16-8-10-1-4-12(16)7-10/h2-3,5-6,10,12H,1,4,7-9H2. The van der Waals surface area contributed by atoms with E-state index in [0.29, 0.717) is 16.8 Å². The molecule has 2 unspecified atom stereocenters. The summed E-state index contributed by atoms with van der Waals surface area (Å²) in [6.45, 7) is 1.05. The molecular weight excluding hydrogens is 250 g/mol. The average Bonchev–Trinajstić information content (AvgIpc) is 3.00. The molecule has 1 heterocycles. The number of carbonyl (C=O) groups is 1. The molecule has 1 saturated heterocycles. The molecule has 2 atom stereocenters. The average molecular weight is 266 g/mol. The topological polar surface area (TPSA) is 29.5 Å². The normalized spacial score (nSPS) is 25.5. The van der Waals surface area contributed by atoms with Gasteiger partial charge in [0.25, 0.3) is 5.91 Å². The van der Waals surface area contributed by atoms with Crippen molar-refractivity contribution in [2.75, 3.05) is 13.2 Å². The number of benzene rings is 1. The lowest BCUT2D eigenvalue weighted by Gasteiger charge is -2.26. The van der Waals surface area contributed by atoms with Crippen molar-refractivity contribution in [3.63, 3.8) is 0 Å². The molecule has 0 N–H and O–H groups in total. The van der Waals surface area contributed by atoms with E-state index in [4.69, 9.17) is 16.3 Å². The Kier molecular flexibility index (Phi) is 3.16. The quantitative estimate of drug-likeness (QED) is 0.841. The maximum absolute atomic E-state index is 12.1. The number of ether oxygens (including phenoxy) is 1. The van der Waals surface area contributed by atoms with Gasteiger partial charge in [0, 0.05) is 17.6 Å². The Morgan fingerprint density at radius 2 is 2.11 bits per heavy atom. The number of rotatable bonds is 3. The number of fused-ring (bicyclic) bond motifs is 2. The monoisotopic (exact) mass is 265 g/mol. The fourth-order valence-corrected chi connectivity index (χ4v) is 3.11. The van der Waals surface area contributed by atoms with Gasteiger partial charge in [-0.2, -0.15) is 0 Å². The summed E-state index contributed by atoms with van der Waals surface area (Å²) in [4.78, 5) is 14.0. The van der Waals surface area contributed by atoms with Gasteiger partial charge in [0.15, 0.2) is 6.61 Å². The van der Waals surface area contributed by atoms with Crippen molar-refractivity contribution in [1.82, 2.24) is 4.90 Å². The Bertz CT molecular complexity index is 446. The Morgan fingerprint density at radius 3 is 2.72 bits per heavy atom. The van der Waals surface area contributed by atoms with Crippen LogP contribution in [-0.4, -0.2) is 30.0 Å². The van der Waals surface area contributed by atoms with Crippen LogP contribution in [0, 0.1) is 5.92 Å². The lowest BCUT2D eigenvalue weighted by atomic mass is 10.1. The summed E-state index contributed by atoms with van der Waals surface area (Å²) in [5.41, 5.74) is 0. The first-order valence-corrected chi connectivity index (χ1v) is 6.78. The summed E-state index contributed by atoms with van der Waals surface area (Å²) in [6.07, 6.45) is 3.64. The molecule has 2 aliphatic rings. The van der Waals surface area contributed by atoms with Gasteiger partial charge in [-0.15, -0.1) is 0 Å². The van der Waals surface area contributed by atoms with E-state index in [9.17, 15) is 4.79 Å². The minimum atomic E-state index is 0.108. The Balaban J connectivity index is 1.54. The highest BCUT2D eigenvalue weighted by Crippen LogP contribution is 2.37. The Morgan fingerprint density at radius 1 is 1.33 bits per heavy atom. The summed E-state index contributed by atoms with van der Waals surface area (Å²) in [6, 6.07) is 7.56. The number of hydrogen-bond acceptors (Lipinski definition) is 2. The molecule has 1 amide bonds. The second-order valence-corrected chi connectivity index (χ2v) is 5.56. The van der Waals surface area contributed by atoms with Gasteiger partial charge in [-0.25, -0.2) is 0 Å². The van der Waals surface area contributed by atoms with Crippen LogP contribution >= 0.6 is 11.6 Å². The van der Waals surface area contributed by atoms with E-state index >= 15 is 0 Å². The molecule has 2 bridgehead atoms. The first-order chi connectivity index (χ1) is 8.72. The second kappa shape index (κ2) is 4.81. The van der Waals surface area contributed by atoms with Crippen molar-refractivity contribution in [2.45, 2.75) is 25.3 Å². The van der Waals surface area contributed by atoms with Crippen LogP contribution in [0.25, 0.3) is 0 Å². The number of hydrogen-bond donors (Lipinski definition) is 0. The van der Waals surface area contributed by atoms with Crippen molar-refractivity contribution in [2.24, 2.45) is 5.92 Å². The van der Waals surface area contributed by atoms with E-state index in [-0.39, 0.29) is 12.5 Å². The third-order valence-corrected chi connectivity index (χ3v) is 4.16. The molecule has 3 nitrogen and oxygen atoms in total. The maximum atomic E-state index is 12.1. The third-order valence-electron chi connectivity index (χ3n) is 3.91. The van der Waals surface area contributed by atoms with Crippen LogP contribution in [-0.2, 0) is 4.79 Å². The smallest absolute Gasteiger partial charge is 0.260 e. The van der Waals surface area contributed by atoms with Crippen LogP contribution in [0.15, 0.2) is 24.3 Å². The molecule has 1 aromatic rings. The Hall–Kier alpha value is -1.22. The predicted molar refractivity (Wildman–Crippen MR) is 69.8 cm³/mol. The first-order valence-electron chi connectivity index (χ1n) is 6.40. The van der Waals surface area contributed by atoms with E-state index < -0.39 is 0 Å². The zero-order chi connectivity index (χ0) is 12.5. The van der Waals surface area contributed by atoms with Crippen molar-refractivity contribution in [3.8, 4) is 5.75 Å². The number of piperidine rings is 1. The molecular formula is C14H16ClNO2. The fraction of sp³-hybridized carbons (Fsp3) is 0.500. The number of likely N-dealkylation sites (tertiary alicyclic amines) is 1. The van der Waals surface area contributed by atoms with Crippen molar-refractivity contribution in [3.05, 3.63) is 29.3 Å². The molecule has 3 rings (SSSR count). The lowest BCUT2D eigenvalue weighted by Crippen LogP contribution is -2.40. The van der Waals surface area contributed by atoms with Crippen LogP contribution in [0.4, 0.5) is 0 Å². The zero-order valence-electron chi connectivity index (χ0n) is 10.1. The van der Waals surface area contributed by atoms with Crippen molar-refractivity contribution >= 4 is 17.5 Å². The minimum absolute atomic E-state index is 0.108. The molecule has 96 valence electrons.